The van der Waals surface area contributed by atoms with Gasteiger partial charge in [-0.3, -0.25) is 4.72 Å². The van der Waals surface area contributed by atoms with Crippen molar-refractivity contribution >= 4 is 15.8 Å². The number of benzene rings is 2. The zero-order valence-electron chi connectivity index (χ0n) is 11.6. The molecule has 0 saturated heterocycles. The largest absolute Gasteiger partial charge is 0.354 e. The highest BCUT2D eigenvalue weighted by molar-refractivity contribution is 7.91. The molecular formula is C16H14N2O3S. The first-order chi connectivity index (χ1) is 10.6. The summed E-state index contributed by atoms with van der Waals surface area (Å²) in [6.07, 6.45) is 0. The molecule has 22 heavy (non-hydrogen) atoms. The number of aromatic nitrogens is 1. The summed E-state index contributed by atoms with van der Waals surface area (Å²) in [7, 11) is -3.53. The zero-order chi connectivity index (χ0) is 15.4. The molecule has 0 amide bonds. The Morgan fingerprint density at radius 1 is 0.955 bits per heavy atom. The van der Waals surface area contributed by atoms with Gasteiger partial charge in [0.15, 0.2) is 11.6 Å². The number of rotatable bonds is 5. The van der Waals surface area contributed by atoms with Crippen LogP contribution in [-0.2, 0) is 15.8 Å². The van der Waals surface area contributed by atoms with E-state index in [-0.39, 0.29) is 11.6 Å². The van der Waals surface area contributed by atoms with Gasteiger partial charge < -0.3 is 4.52 Å². The molecule has 1 aromatic heterocycles. The highest BCUT2D eigenvalue weighted by Gasteiger charge is 2.15. The summed E-state index contributed by atoms with van der Waals surface area (Å²) in [6, 6.07) is 19.9. The summed E-state index contributed by atoms with van der Waals surface area (Å²) < 4.78 is 31.8. The van der Waals surface area contributed by atoms with Crippen LogP contribution in [0, 0.1) is 0 Å². The Labute approximate surface area is 128 Å². The van der Waals surface area contributed by atoms with Gasteiger partial charge in [0, 0.05) is 11.6 Å². The Bertz CT molecular complexity index is 843. The van der Waals surface area contributed by atoms with E-state index in [9.17, 15) is 8.42 Å². The van der Waals surface area contributed by atoms with E-state index >= 15 is 0 Å². The average Bonchev–Trinajstić information content (AvgIpc) is 2.96. The number of sulfonamides is 1. The lowest BCUT2D eigenvalue weighted by molar-refractivity contribution is 0.435. The van der Waals surface area contributed by atoms with Crippen LogP contribution >= 0.6 is 0 Å². The summed E-state index contributed by atoms with van der Waals surface area (Å²) in [5.41, 5.74) is 1.55. The second-order valence-corrected chi connectivity index (χ2v) is 6.51. The van der Waals surface area contributed by atoms with Crippen LogP contribution in [0.25, 0.3) is 11.3 Å². The van der Waals surface area contributed by atoms with E-state index in [2.05, 4.69) is 9.88 Å². The molecular weight excluding hydrogens is 300 g/mol. The van der Waals surface area contributed by atoms with Crippen molar-refractivity contribution in [3.63, 3.8) is 0 Å². The maximum Gasteiger partial charge on any atom is 0.238 e. The molecule has 0 aliphatic carbocycles. The van der Waals surface area contributed by atoms with Crippen LogP contribution in [0.2, 0.25) is 0 Å². The summed E-state index contributed by atoms with van der Waals surface area (Å²) in [4.78, 5) is 0. The number of hydrogen-bond donors (Lipinski definition) is 1. The van der Waals surface area contributed by atoms with Crippen LogP contribution in [0.15, 0.2) is 71.3 Å². The summed E-state index contributed by atoms with van der Waals surface area (Å²) >= 11 is 0. The molecule has 0 unspecified atom stereocenters. The van der Waals surface area contributed by atoms with Crippen LogP contribution in [0.5, 0.6) is 0 Å². The first-order valence-corrected chi connectivity index (χ1v) is 8.34. The molecule has 112 valence electrons. The van der Waals surface area contributed by atoms with E-state index in [1.807, 2.05) is 36.4 Å². The monoisotopic (exact) mass is 314 g/mol. The quantitative estimate of drug-likeness (QED) is 0.784. The third kappa shape index (κ3) is 3.53. The minimum absolute atomic E-state index is 0.110. The van der Waals surface area contributed by atoms with Crippen LogP contribution < -0.4 is 4.72 Å². The van der Waals surface area contributed by atoms with Gasteiger partial charge in [0.25, 0.3) is 0 Å². The Kier molecular flexibility index (Phi) is 3.93. The van der Waals surface area contributed by atoms with Gasteiger partial charge in [-0.05, 0) is 5.56 Å². The third-order valence-corrected chi connectivity index (χ3v) is 4.26. The van der Waals surface area contributed by atoms with Gasteiger partial charge in [0.05, 0.1) is 5.75 Å². The Morgan fingerprint density at radius 2 is 1.59 bits per heavy atom. The molecule has 0 radical (unpaired) electrons. The van der Waals surface area contributed by atoms with Crippen molar-refractivity contribution in [2.45, 2.75) is 5.75 Å². The molecule has 0 fully saturated rings. The molecule has 0 spiro atoms. The molecule has 2 aromatic carbocycles. The van der Waals surface area contributed by atoms with Gasteiger partial charge in [-0.1, -0.05) is 65.8 Å². The van der Waals surface area contributed by atoms with E-state index in [0.29, 0.717) is 11.3 Å². The minimum Gasteiger partial charge on any atom is -0.354 e. The average molecular weight is 314 g/mol. The Hall–Kier alpha value is -2.60. The maximum atomic E-state index is 12.1. The van der Waals surface area contributed by atoms with Crippen LogP contribution in [0.1, 0.15) is 5.56 Å². The first kappa shape index (κ1) is 14.3. The van der Waals surface area contributed by atoms with Crippen molar-refractivity contribution in [1.29, 1.82) is 0 Å². The highest BCUT2D eigenvalue weighted by Crippen LogP contribution is 2.22. The number of nitrogens with one attached hydrogen (secondary N) is 1. The standard InChI is InChI=1S/C16H14N2O3S/c19-22(20,12-13-7-3-1-4-8-13)18-16-11-15(21-17-16)14-9-5-2-6-10-14/h1-11H,12H2,(H,17,18). The van der Waals surface area contributed by atoms with Crippen LogP contribution in [0.3, 0.4) is 0 Å². The maximum absolute atomic E-state index is 12.1. The van der Waals surface area contributed by atoms with E-state index in [1.54, 1.807) is 30.3 Å². The van der Waals surface area contributed by atoms with Gasteiger partial charge in [-0.2, -0.15) is 0 Å². The van der Waals surface area contributed by atoms with E-state index in [4.69, 9.17) is 4.52 Å². The minimum atomic E-state index is -3.53. The topological polar surface area (TPSA) is 72.2 Å². The molecule has 0 atom stereocenters. The van der Waals surface area contributed by atoms with Crippen LogP contribution in [0.4, 0.5) is 5.82 Å². The SMILES string of the molecule is O=S(=O)(Cc1ccccc1)Nc1cc(-c2ccccc2)on1. The number of anilines is 1. The van der Waals surface area contributed by atoms with Crippen LogP contribution in [-0.4, -0.2) is 13.6 Å². The normalized spacial score (nSPS) is 11.3. The Morgan fingerprint density at radius 3 is 2.27 bits per heavy atom. The van der Waals surface area contributed by atoms with Crippen molar-refractivity contribution in [3.05, 3.63) is 72.3 Å². The molecule has 6 heteroatoms. The predicted octanol–water partition coefficient (Wildman–Crippen LogP) is 3.28. The van der Waals surface area contributed by atoms with E-state index in [0.717, 1.165) is 5.56 Å². The molecule has 0 aliphatic heterocycles. The van der Waals surface area contributed by atoms with E-state index in [1.165, 1.54) is 0 Å². The third-order valence-electron chi connectivity index (χ3n) is 3.03. The Balaban J connectivity index is 1.75. The fraction of sp³-hybridized carbons (Fsp3) is 0.0625. The molecule has 3 rings (SSSR count). The first-order valence-electron chi connectivity index (χ1n) is 6.69. The molecule has 3 aromatic rings. The lowest BCUT2D eigenvalue weighted by Gasteiger charge is -2.04. The second kappa shape index (κ2) is 6.03. The summed E-state index contributed by atoms with van der Waals surface area (Å²) in [6.45, 7) is 0. The second-order valence-electron chi connectivity index (χ2n) is 4.79. The van der Waals surface area contributed by atoms with Crippen molar-refractivity contribution < 1.29 is 12.9 Å². The van der Waals surface area contributed by atoms with Crippen molar-refractivity contribution in [1.82, 2.24) is 5.16 Å². The van der Waals surface area contributed by atoms with Gasteiger partial charge >= 0.3 is 0 Å². The number of nitrogens with zero attached hydrogens (tertiary/aromatic N) is 1. The molecule has 0 aliphatic rings. The number of hydrogen-bond acceptors (Lipinski definition) is 4. The molecule has 0 saturated carbocycles. The van der Waals surface area contributed by atoms with Crippen molar-refractivity contribution in [3.8, 4) is 11.3 Å². The zero-order valence-corrected chi connectivity index (χ0v) is 12.5. The fourth-order valence-corrected chi connectivity index (χ4v) is 3.17. The van der Waals surface area contributed by atoms with Crippen molar-refractivity contribution in [2.75, 3.05) is 4.72 Å². The highest BCUT2D eigenvalue weighted by atomic mass is 32.2. The molecule has 0 bridgehead atoms. The fourth-order valence-electron chi connectivity index (χ4n) is 2.05. The van der Waals surface area contributed by atoms with Gasteiger partial charge in [-0.15, -0.1) is 0 Å². The van der Waals surface area contributed by atoms with E-state index < -0.39 is 10.0 Å². The lowest BCUT2D eigenvalue weighted by Crippen LogP contribution is -2.15. The summed E-state index contributed by atoms with van der Waals surface area (Å²) in [5, 5.41) is 3.75. The van der Waals surface area contributed by atoms with Gasteiger partial charge in [0.1, 0.15) is 0 Å². The van der Waals surface area contributed by atoms with Gasteiger partial charge in [-0.25, -0.2) is 8.42 Å². The molecule has 5 nitrogen and oxygen atoms in total. The molecule has 1 heterocycles. The van der Waals surface area contributed by atoms with Gasteiger partial charge in [0.2, 0.25) is 10.0 Å². The predicted molar refractivity (Wildman–Crippen MR) is 84.6 cm³/mol. The smallest absolute Gasteiger partial charge is 0.238 e. The van der Waals surface area contributed by atoms with Crippen molar-refractivity contribution in [2.24, 2.45) is 0 Å². The lowest BCUT2D eigenvalue weighted by atomic mass is 10.2. The molecule has 1 N–H and O–H groups in total. The summed E-state index contributed by atoms with van der Waals surface area (Å²) in [5.74, 6) is 0.578.